The lowest BCUT2D eigenvalue weighted by Gasteiger charge is -2.12. The van der Waals surface area contributed by atoms with Crippen molar-refractivity contribution in [2.75, 3.05) is 32.2 Å². The third-order valence-corrected chi connectivity index (χ3v) is 5.90. The Morgan fingerprint density at radius 2 is 1.75 bits per heavy atom. The molecule has 1 aliphatic heterocycles. The Balaban J connectivity index is 1.62. The molecule has 0 bridgehead atoms. The van der Waals surface area contributed by atoms with Gasteiger partial charge in [-0.05, 0) is 61.7 Å². The number of methoxy groups -OCH3 is 1. The van der Waals surface area contributed by atoms with Crippen LogP contribution in [0, 0.1) is 13.8 Å². The highest BCUT2D eigenvalue weighted by molar-refractivity contribution is 9.10. The van der Waals surface area contributed by atoms with E-state index in [1.165, 1.54) is 18.2 Å². The van der Waals surface area contributed by atoms with Crippen LogP contribution >= 0.6 is 15.9 Å². The van der Waals surface area contributed by atoms with Crippen molar-refractivity contribution in [3.63, 3.8) is 0 Å². The zero-order valence-electron chi connectivity index (χ0n) is 18.0. The van der Waals surface area contributed by atoms with Crippen molar-refractivity contribution in [2.45, 2.75) is 20.3 Å². The SMILES string of the molecule is COCCCN1C(=O)c2ccc(C(=O)OCC(=O)Nc3cc(C)c(Br)cc3C)cc2C1=O. The van der Waals surface area contributed by atoms with E-state index in [4.69, 9.17) is 9.47 Å². The third kappa shape index (κ3) is 5.05. The van der Waals surface area contributed by atoms with Gasteiger partial charge in [0.25, 0.3) is 17.7 Å². The summed E-state index contributed by atoms with van der Waals surface area (Å²) in [5.74, 6) is -2.11. The smallest absolute Gasteiger partial charge is 0.338 e. The molecule has 1 N–H and O–H groups in total. The summed E-state index contributed by atoms with van der Waals surface area (Å²) >= 11 is 3.43. The van der Waals surface area contributed by atoms with Crippen LogP contribution in [0.4, 0.5) is 5.69 Å². The standard InChI is InChI=1S/C23H23BrN2O6/c1-13-10-19(14(2)9-18(13)24)25-20(27)12-32-23(30)15-5-6-16-17(11-15)22(29)26(21(16)28)7-4-8-31-3/h5-6,9-11H,4,7-8,12H2,1-3H3,(H,25,27). The minimum atomic E-state index is -0.759. The van der Waals surface area contributed by atoms with E-state index in [-0.39, 0.29) is 23.2 Å². The van der Waals surface area contributed by atoms with Gasteiger partial charge in [0.1, 0.15) is 0 Å². The number of imide groups is 1. The number of nitrogens with zero attached hydrogens (tertiary/aromatic N) is 1. The lowest BCUT2D eigenvalue weighted by Crippen LogP contribution is -2.31. The number of esters is 1. The maximum Gasteiger partial charge on any atom is 0.338 e. The van der Waals surface area contributed by atoms with E-state index in [0.717, 1.165) is 20.5 Å². The molecule has 0 saturated heterocycles. The molecule has 0 aliphatic carbocycles. The highest BCUT2D eigenvalue weighted by Gasteiger charge is 2.35. The first-order valence-electron chi connectivity index (χ1n) is 9.95. The second kappa shape index (κ2) is 10.1. The van der Waals surface area contributed by atoms with Crippen molar-refractivity contribution < 1.29 is 28.7 Å². The Bertz CT molecular complexity index is 1100. The van der Waals surface area contributed by atoms with Gasteiger partial charge in [-0.1, -0.05) is 15.9 Å². The van der Waals surface area contributed by atoms with Gasteiger partial charge >= 0.3 is 5.97 Å². The predicted molar refractivity (Wildman–Crippen MR) is 121 cm³/mol. The number of nitrogens with one attached hydrogen (secondary N) is 1. The zero-order valence-corrected chi connectivity index (χ0v) is 19.6. The Labute approximate surface area is 194 Å². The molecule has 2 aromatic carbocycles. The number of carbonyl (C=O) groups excluding carboxylic acids is 4. The maximum atomic E-state index is 12.6. The van der Waals surface area contributed by atoms with Gasteiger partial charge in [-0.25, -0.2) is 4.79 Å². The lowest BCUT2D eigenvalue weighted by molar-refractivity contribution is -0.119. The number of ether oxygens (including phenoxy) is 2. The molecule has 0 fully saturated rings. The van der Waals surface area contributed by atoms with Gasteiger partial charge in [0.2, 0.25) is 0 Å². The van der Waals surface area contributed by atoms with E-state index in [2.05, 4.69) is 21.2 Å². The average Bonchev–Trinajstić information content (AvgIpc) is 3.00. The molecule has 0 aromatic heterocycles. The summed E-state index contributed by atoms with van der Waals surface area (Å²) in [7, 11) is 1.54. The van der Waals surface area contributed by atoms with Crippen LogP contribution in [0.3, 0.4) is 0 Å². The quantitative estimate of drug-likeness (QED) is 0.336. The van der Waals surface area contributed by atoms with E-state index in [1.54, 1.807) is 7.11 Å². The highest BCUT2D eigenvalue weighted by atomic mass is 79.9. The predicted octanol–water partition coefficient (Wildman–Crippen LogP) is 3.49. The second-order valence-electron chi connectivity index (χ2n) is 7.41. The lowest BCUT2D eigenvalue weighted by atomic mass is 10.1. The monoisotopic (exact) mass is 502 g/mol. The summed E-state index contributed by atoms with van der Waals surface area (Å²) in [5, 5.41) is 2.72. The van der Waals surface area contributed by atoms with Gasteiger partial charge in [0.05, 0.1) is 16.7 Å². The van der Waals surface area contributed by atoms with Gasteiger partial charge in [0, 0.05) is 30.4 Å². The number of hydrogen-bond acceptors (Lipinski definition) is 6. The maximum absolute atomic E-state index is 12.6. The molecule has 2 aromatic rings. The van der Waals surface area contributed by atoms with Crippen LogP contribution in [0.2, 0.25) is 0 Å². The van der Waals surface area contributed by atoms with E-state index >= 15 is 0 Å². The molecule has 3 rings (SSSR count). The molecule has 8 nitrogen and oxygen atoms in total. The largest absolute Gasteiger partial charge is 0.452 e. The van der Waals surface area contributed by atoms with Crippen LogP contribution in [0.1, 0.15) is 48.6 Å². The fourth-order valence-electron chi connectivity index (χ4n) is 3.30. The second-order valence-corrected chi connectivity index (χ2v) is 8.26. The molecular formula is C23H23BrN2O6. The van der Waals surface area contributed by atoms with Crippen LogP contribution in [0.5, 0.6) is 0 Å². The van der Waals surface area contributed by atoms with E-state index in [0.29, 0.717) is 18.7 Å². The molecule has 0 spiro atoms. The highest BCUT2D eigenvalue weighted by Crippen LogP contribution is 2.26. The van der Waals surface area contributed by atoms with Gasteiger partial charge in [0.15, 0.2) is 6.61 Å². The van der Waals surface area contributed by atoms with E-state index < -0.39 is 30.3 Å². The molecule has 168 valence electrons. The van der Waals surface area contributed by atoms with Crippen LogP contribution in [0.25, 0.3) is 0 Å². The first-order chi connectivity index (χ1) is 15.2. The zero-order chi connectivity index (χ0) is 23.4. The van der Waals surface area contributed by atoms with Gasteiger partial charge in [-0.3, -0.25) is 19.3 Å². The molecule has 1 heterocycles. The number of hydrogen-bond donors (Lipinski definition) is 1. The molecule has 0 unspecified atom stereocenters. The Kier molecular flexibility index (Phi) is 7.42. The summed E-state index contributed by atoms with van der Waals surface area (Å²) in [6, 6.07) is 7.87. The van der Waals surface area contributed by atoms with Crippen LogP contribution in [-0.4, -0.2) is 55.5 Å². The number of carbonyl (C=O) groups is 4. The summed E-state index contributed by atoms with van der Waals surface area (Å²) in [6.45, 7) is 3.92. The Morgan fingerprint density at radius 3 is 2.47 bits per heavy atom. The number of halogens is 1. The molecule has 3 amide bonds. The molecule has 1 aliphatic rings. The minimum Gasteiger partial charge on any atom is -0.452 e. The summed E-state index contributed by atoms with van der Waals surface area (Å²) < 4.78 is 11.0. The topological polar surface area (TPSA) is 102 Å². The van der Waals surface area contributed by atoms with Crippen LogP contribution in [0.15, 0.2) is 34.8 Å². The van der Waals surface area contributed by atoms with Crippen molar-refractivity contribution >= 4 is 45.3 Å². The fourth-order valence-corrected chi connectivity index (χ4v) is 3.76. The van der Waals surface area contributed by atoms with Crippen molar-refractivity contribution in [3.05, 3.63) is 62.6 Å². The van der Waals surface area contributed by atoms with Gasteiger partial charge in [-0.15, -0.1) is 0 Å². The summed E-state index contributed by atoms with van der Waals surface area (Å²) in [6.07, 6.45) is 0.517. The molecule has 32 heavy (non-hydrogen) atoms. The number of rotatable bonds is 8. The average molecular weight is 503 g/mol. The van der Waals surface area contributed by atoms with Crippen molar-refractivity contribution in [1.29, 1.82) is 0 Å². The van der Waals surface area contributed by atoms with Crippen LogP contribution in [-0.2, 0) is 14.3 Å². The van der Waals surface area contributed by atoms with Gasteiger partial charge < -0.3 is 14.8 Å². The number of benzene rings is 2. The molecule has 9 heteroatoms. The van der Waals surface area contributed by atoms with E-state index in [9.17, 15) is 19.2 Å². The van der Waals surface area contributed by atoms with Crippen LogP contribution < -0.4 is 5.32 Å². The molecule has 0 atom stereocenters. The van der Waals surface area contributed by atoms with Crippen molar-refractivity contribution in [2.24, 2.45) is 0 Å². The van der Waals surface area contributed by atoms with Gasteiger partial charge in [-0.2, -0.15) is 0 Å². The fraction of sp³-hybridized carbons (Fsp3) is 0.304. The minimum absolute atomic E-state index is 0.0899. The first-order valence-corrected chi connectivity index (χ1v) is 10.7. The third-order valence-electron chi connectivity index (χ3n) is 5.05. The Hall–Kier alpha value is -3.04. The number of aryl methyl sites for hydroxylation is 2. The van der Waals surface area contributed by atoms with E-state index in [1.807, 2.05) is 26.0 Å². The normalized spacial score (nSPS) is 12.7. The molecule has 0 saturated carbocycles. The molecule has 0 radical (unpaired) electrons. The number of fused-ring (bicyclic) bond motifs is 1. The van der Waals surface area contributed by atoms with Crippen molar-refractivity contribution in [1.82, 2.24) is 4.90 Å². The Morgan fingerprint density at radius 1 is 1.03 bits per heavy atom. The van der Waals surface area contributed by atoms with Crippen molar-refractivity contribution in [3.8, 4) is 0 Å². The first kappa shape index (κ1) is 23.6. The molecular weight excluding hydrogens is 480 g/mol. The number of anilines is 1. The number of amides is 3. The summed E-state index contributed by atoms with van der Waals surface area (Å²) in [4.78, 5) is 50.8. The summed E-state index contributed by atoms with van der Waals surface area (Å²) in [5.41, 5.74) is 2.92.